The highest BCUT2D eigenvalue weighted by atomic mass is 19.4. The van der Waals surface area contributed by atoms with E-state index in [1.165, 1.54) is 0 Å². The number of ether oxygens (including phenoxy) is 2. The van der Waals surface area contributed by atoms with Crippen LogP contribution in [0.15, 0.2) is 12.4 Å². The van der Waals surface area contributed by atoms with Gasteiger partial charge in [-0.25, -0.2) is 15.0 Å². The van der Waals surface area contributed by atoms with Crippen LogP contribution < -0.4 is 20.3 Å². The SMILES string of the molecule is CO[C@@H](C)[C@H]1C(=O)Nc2c(C)nc(N[C@H]3C[C@H](Oc4cnc(C(F)(F)F)nc4)C3)nc2N1C. The topological polar surface area (TPSA) is 114 Å². The van der Waals surface area contributed by atoms with Crippen LogP contribution in [0.3, 0.4) is 0 Å². The maximum Gasteiger partial charge on any atom is 0.451 e. The normalized spacial score (nSPS) is 23.3. The zero-order valence-electron chi connectivity index (χ0n) is 18.5. The fourth-order valence-electron chi connectivity index (χ4n) is 3.86. The number of aryl methyl sites for hydroxylation is 1. The van der Waals surface area contributed by atoms with Gasteiger partial charge in [-0.3, -0.25) is 4.79 Å². The third kappa shape index (κ3) is 4.63. The second-order valence-electron chi connectivity index (χ2n) is 8.11. The van der Waals surface area contributed by atoms with Gasteiger partial charge in [0.1, 0.15) is 17.8 Å². The zero-order chi connectivity index (χ0) is 23.9. The number of amides is 1. The third-order valence-electron chi connectivity index (χ3n) is 5.77. The Bertz CT molecular complexity index is 1030. The molecule has 1 aliphatic heterocycles. The third-order valence-corrected chi connectivity index (χ3v) is 5.77. The molecule has 2 aliphatic rings. The summed E-state index contributed by atoms with van der Waals surface area (Å²) in [5.74, 6) is -0.195. The summed E-state index contributed by atoms with van der Waals surface area (Å²) in [5.41, 5.74) is 1.19. The van der Waals surface area contributed by atoms with Gasteiger partial charge in [0.15, 0.2) is 11.6 Å². The van der Waals surface area contributed by atoms with Crippen LogP contribution in [0.25, 0.3) is 0 Å². The van der Waals surface area contributed by atoms with Crippen molar-refractivity contribution in [3.8, 4) is 5.75 Å². The van der Waals surface area contributed by atoms with Crippen LogP contribution in [-0.2, 0) is 15.7 Å². The van der Waals surface area contributed by atoms with Crippen LogP contribution in [0.2, 0.25) is 0 Å². The number of methoxy groups -OCH3 is 1. The lowest BCUT2D eigenvalue weighted by atomic mass is 9.89. The number of carbonyl (C=O) groups excluding carboxylic acids is 1. The van der Waals surface area contributed by atoms with E-state index < -0.39 is 18.0 Å². The van der Waals surface area contributed by atoms with Gasteiger partial charge in [0, 0.05) is 33.0 Å². The maximum atomic E-state index is 12.6. The van der Waals surface area contributed by atoms with E-state index in [0.29, 0.717) is 36.0 Å². The summed E-state index contributed by atoms with van der Waals surface area (Å²) in [6.07, 6.45) is -1.85. The summed E-state index contributed by atoms with van der Waals surface area (Å²) in [7, 11) is 3.33. The van der Waals surface area contributed by atoms with Crippen LogP contribution >= 0.6 is 0 Å². The molecule has 2 N–H and O–H groups in total. The van der Waals surface area contributed by atoms with Gasteiger partial charge in [0.05, 0.1) is 24.2 Å². The van der Waals surface area contributed by atoms with E-state index in [0.717, 1.165) is 12.4 Å². The fourth-order valence-corrected chi connectivity index (χ4v) is 3.86. The number of hydrogen-bond donors (Lipinski definition) is 2. The number of nitrogens with one attached hydrogen (secondary N) is 2. The fraction of sp³-hybridized carbons (Fsp3) is 0.550. The molecule has 1 saturated carbocycles. The van der Waals surface area contributed by atoms with E-state index in [1.54, 1.807) is 26.0 Å². The monoisotopic (exact) mass is 467 g/mol. The van der Waals surface area contributed by atoms with Gasteiger partial charge in [0.2, 0.25) is 17.7 Å². The van der Waals surface area contributed by atoms with Crippen molar-refractivity contribution in [3.63, 3.8) is 0 Å². The molecule has 10 nitrogen and oxygen atoms in total. The molecule has 33 heavy (non-hydrogen) atoms. The second kappa shape index (κ2) is 8.61. The quantitative estimate of drug-likeness (QED) is 0.661. The maximum absolute atomic E-state index is 12.6. The Hall–Kier alpha value is -3.22. The molecule has 0 radical (unpaired) electrons. The Balaban J connectivity index is 1.38. The Labute approximate surface area is 187 Å². The molecule has 1 fully saturated rings. The number of nitrogens with zero attached hydrogens (tertiary/aromatic N) is 5. The molecule has 2 aromatic rings. The van der Waals surface area contributed by atoms with E-state index in [4.69, 9.17) is 9.47 Å². The lowest BCUT2D eigenvalue weighted by Crippen LogP contribution is -2.53. The van der Waals surface area contributed by atoms with Crippen molar-refractivity contribution in [1.29, 1.82) is 0 Å². The number of aromatic nitrogens is 4. The summed E-state index contributed by atoms with van der Waals surface area (Å²) >= 11 is 0. The summed E-state index contributed by atoms with van der Waals surface area (Å²) in [5, 5.41) is 6.12. The lowest BCUT2D eigenvalue weighted by molar-refractivity contribution is -0.145. The van der Waals surface area contributed by atoms with E-state index in [2.05, 4.69) is 30.6 Å². The number of rotatable bonds is 6. The predicted octanol–water partition coefficient (Wildman–Crippen LogP) is 2.41. The van der Waals surface area contributed by atoms with Crippen LogP contribution in [0.5, 0.6) is 5.75 Å². The van der Waals surface area contributed by atoms with E-state index in [1.807, 2.05) is 6.92 Å². The summed E-state index contributed by atoms with van der Waals surface area (Å²) < 4.78 is 48.7. The van der Waals surface area contributed by atoms with Crippen LogP contribution in [0.4, 0.5) is 30.6 Å². The van der Waals surface area contributed by atoms with E-state index in [9.17, 15) is 18.0 Å². The van der Waals surface area contributed by atoms with Crippen molar-refractivity contribution >= 4 is 23.4 Å². The predicted molar refractivity (Wildman–Crippen MR) is 112 cm³/mol. The molecule has 13 heteroatoms. The van der Waals surface area contributed by atoms with Gasteiger partial charge >= 0.3 is 6.18 Å². The largest absolute Gasteiger partial charge is 0.487 e. The molecular weight excluding hydrogens is 443 g/mol. The highest BCUT2D eigenvalue weighted by Crippen LogP contribution is 2.35. The molecule has 0 saturated heterocycles. The van der Waals surface area contributed by atoms with E-state index >= 15 is 0 Å². The van der Waals surface area contributed by atoms with Crippen molar-refractivity contribution in [3.05, 3.63) is 23.9 Å². The number of halogens is 3. The van der Waals surface area contributed by atoms with Crippen molar-refractivity contribution in [2.75, 3.05) is 29.7 Å². The average Bonchev–Trinajstić information content (AvgIpc) is 2.72. The first-order valence-corrected chi connectivity index (χ1v) is 10.3. The standard InChI is InChI=1S/C20H24F3N7O3/c1-9-14-16(30(3)15(10(2)32-4)17(31)28-14)29-19(26-9)27-11-5-12(6-11)33-13-7-24-18(25-8-13)20(21,22)23/h7-8,10-12,15H,5-6H2,1-4H3,(H,28,31)(H,26,27,29)/t10-,11-,12-,15-/m0/s1. The number of anilines is 3. The number of fused-ring (bicyclic) bond motifs is 1. The Morgan fingerprint density at radius 1 is 1.24 bits per heavy atom. The molecule has 0 unspecified atom stereocenters. The summed E-state index contributed by atoms with van der Waals surface area (Å²) in [4.78, 5) is 29.9. The Morgan fingerprint density at radius 2 is 1.91 bits per heavy atom. The van der Waals surface area contributed by atoms with Crippen LogP contribution in [0.1, 0.15) is 31.3 Å². The van der Waals surface area contributed by atoms with Crippen LogP contribution in [-0.4, -0.2) is 64.3 Å². The minimum Gasteiger partial charge on any atom is -0.487 e. The Morgan fingerprint density at radius 3 is 2.52 bits per heavy atom. The molecule has 178 valence electrons. The van der Waals surface area contributed by atoms with Crippen molar-refractivity contribution < 1.29 is 27.4 Å². The van der Waals surface area contributed by atoms with Crippen LogP contribution in [0, 0.1) is 6.92 Å². The van der Waals surface area contributed by atoms with Crippen molar-refractivity contribution in [2.45, 2.75) is 57.2 Å². The first-order chi connectivity index (χ1) is 15.6. The smallest absolute Gasteiger partial charge is 0.451 e. The average molecular weight is 467 g/mol. The van der Waals surface area contributed by atoms with Gasteiger partial charge in [-0.2, -0.15) is 18.2 Å². The number of alkyl halides is 3. The molecule has 4 rings (SSSR count). The van der Waals surface area contributed by atoms with Gasteiger partial charge in [-0.1, -0.05) is 0 Å². The van der Waals surface area contributed by atoms with E-state index in [-0.39, 0.29) is 29.9 Å². The van der Waals surface area contributed by atoms with Gasteiger partial charge < -0.3 is 25.0 Å². The van der Waals surface area contributed by atoms with Crippen molar-refractivity contribution in [1.82, 2.24) is 19.9 Å². The first kappa shape index (κ1) is 23.0. The second-order valence-corrected chi connectivity index (χ2v) is 8.11. The Kier molecular flexibility index (Phi) is 5.99. The molecule has 2 aromatic heterocycles. The highest BCUT2D eigenvalue weighted by Gasteiger charge is 2.38. The molecule has 1 aliphatic carbocycles. The van der Waals surface area contributed by atoms with Gasteiger partial charge in [-0.15, -0.1) is 0 Å². The molecule has 3 heterocycles. The number of hydrogen-bond acceptors (Lipinski definition) is 9. The summed E-state index contributed by atoms with van der Waals surface area (Å²) in [6.45, 7) is 3.60. The van der Waals surface area contributed by atoms with Gasteiger partial charge in [-0.05, 0) is 13.8 Å². The molecule has 2 atom stereocenters. The number of carbonyl (C=O) groups is 1. The molecule has 0 spiro atoms. The highest BCUT2D eigenvalue weighted by molar-refractivity contribution is 6.03. The minimum absolute atomic E-state index is 0.0278. The van der Waals surface area contributed by atoms with Gasteiger partial charge in [0.25, 0.3) is 0 Å². The number of likely N-dealkylation sites (N-methyl/N-ethyl adjacent to an activating group) is 1. The summed E-state index contributed by atoms with van der Waals surface area (Å²) in [6, 6.07) is -0.503. The molecule has 0 aromatic carbocycles. The molecule has 1 amide bonds. The minimum atomic E-state index is -4.59. The molecular formula is C20H24F3N7O3. The lowest BCUT2D eigenvalue weighted by Gasteiger charge is -2.38. The molecule has 0 bridgehead atoms. The zero-order valence-corrected chi connectivity index (χ0v) is 18.5. The first-order valence-electron chi connectivity index (χ1n) is 10.3. The van der Waals surface area contributed by atoms with Crippen molar-refractivity contribution in [2.24, 2.45) is 0 Å².